The van der Waals surface area contributed by atoms with Gasteiger partial charge in [0.15, 0.2) is 0 Å². The van der Waals surface area contributed by atoms with Gasteiger partial charge >= 0.3 is 6.03 Å². The van der Waals surface area contributed by atoms with E-state index in [0.29, 0.717) is 12.6 Å². The van der Waals surface area contributed by atoms with E-state index in [1.54, 1.807) is 0 Å². The van der Waals surface area contributed by atoms with Crippen LogP contribution in [0.1, 0.15) is 58.1 Å². The van der Waals surface area contributed by atoms with Crippen molar-refractivity contribution in [2.45, 2.75) is 71.9 Å². The van der Waals surface area contributed by atoms with Crippen molar-refractivity contribution in [1.29, 1.82) is 0 Å². The first-order valence-corrected chi connectivity index (χ1v) is 10.3. The Labute approximate surface area is 159 Å². The highest BCUT2D eigenvalue weighted by atomic mass is 16.2. The number of benzene rings is 1. The fourth-order valence-corrected chi connectivity index (χ4v) is 3.55. The molecule has 1 heterocycles. The quantitative estimate of drug-likeness (QED) is 0.737. The van der Waals surface area contributed by atoms with Gasteiger partial charge in [0, 0.05) is 18.6 Å². The number of urea groups is 1. The molecule has 0 radical (unpaired) electrons. The number of hydrogen-bond donors (Lipinski definition) is 2. The summed E-state index contributed by atoms with van der Waals surface area (Å²) in [5, 5.41) is 5.86. The van der Waals surface area contributed by atoms with Crippen molar-refractivity contribution in [2.75, 3.05) is 19.6 Å². The van der Waals surface area contributed by atoms with Gasteiger partial charge in [0.1, 0.15) is 0 Å². The molecule has 2 N–H and O–H groups in total. The van der Waals surface area contributed by atoms with Crippen LogP contribution in [-0.4, -0.2) is 42.6 Å². The van der Waals surface area contributed by atoms with Crippen LogP contribution in [0.2, 0.25) is 0 Å². The minimum atomic E-state index is -0.0660. The molecule has 0 unspecified atom stereocenters. The monoisotopic (exact) mass is 359 g/mol. The molecule has 1 aliphatic rings. The van der Waals surface area contributed by atoms with Crippen LogP contribution in [0, 0.1) is 5.92 Å². The minimum absolute atomic E-state index is 0.0660. The number of carbonyl (C=O) groups is 1. The SMILES string of the molecule is CC[C@H](C)NC(=O)NCCc1ccc(CC2CCN(C(C)C)CC2)cc1. The number of rotatable bonds is 8. The third-order valence-corrected chi connectivity index (χ3v) is 5.62. The molecule has 1 atom stereocenters. The molecule has 0 saturated carbocycles. The van der Waals surface area contributed by atoms with Crippen molar-refractivity contribution >= 4 is 6.03 Å². The van der Waals surface area contributed by atoms with Gasteiger partial charge in [0.05, 0.1) is 0 Å². The van der Waals surface area contributed by atoms with Crippen LogP contribution in [0.25, 0.3) is 0 Å². The molecule has 2 rings (SSSR count). The van der Waals surface area contributed by atoms with Crippen LogP contribution in [0.4, 0.5) is 4.79 Å². The van der Waals surface area contributed by atoms with Gasteiger partial charge < -0.3 is 15.5 Å². The molecule has 0 aliphatic carbocycles. The van der Waals surface area contributed by atoms with E-state index in [1.165, 1.54) is 43.5 Å². The van der Waals surface area contributed by atoms with Crippen LogP contribution in [0.15, 0.2) is 24.3 Å². The average Bonchev–Trinajstić information content (AvgIpc) is 2.63. The summed E-state index contributed by atoms with van der Waals surface area (Å²) in [6, 6.07) is 9.80. The van der Waals surface area contributed by atoms with Crippen LogP contribution < -0.4 is 10.6 Å². The van der Waals surface area contributed by atoms with E-state index < -0.39 is 0 Å². The zero-order valence-corrected chi connectivity index (χ0v) is 17.1. The van der Waals surface area contributed by atoms with Crippen molar-refractivity contribution in [3.63, 3.8) is 0 Å². The third kappa shape index (κ3) is 6.99. The van der Waals surface area contributed by atoms with Crippen LogP contribution in [0.3, 0.4) is 0 Å². The van der Waals surface area contributed by atoms with E-state index in [4.69, 9.17) is 0 Å². The van der Waals surface area contributed by atoms with Gasteiger partial charge in [0.2, 0.25) is 0 Å². The van der Waals surface area contributed by atoms with Crippen molar-refractivity contribution < 1.29 is 4.79 Å². The normalized spacial score (nSPS) is 17.3. The summed E-state index contributed by atoms with van der Waals surface area (Å²) in [6.45, 7) is 11.8. The standard InChI is InChI=1S/C22H37N3O/c1-5-18(4)24-22(26)23-13-10-19-6-8-20(9-7-19)16-21-11-14-25(15-12-21)17(2)3/h6-9,17-18,21H,5,10-16H2,1-4H3,(H2,23,24,26)/t18-/m0/s1. The minimum Gasteiger partial charge on any atom is -0.338 e. The molecule has 26 heavy (non-hydrogen) atoms. The molecule has 1 fully saturated rings. The summed E-state index contributed by atoms with van der Waals surface area (Å²) < 4.78 is 0. The van der Waals surface area contributed by atoms with E-state index in [-0.39, 0.29) is 12.1 Å². The molecule has 0 bridgehead atoms. The first kappa shape index (κ1) is 20.8. The molecule has 1 aromatic rings. The van der Waals surface area contributed by atoms with Crippen LogP contribution in [-0.2, 0) is 12.8 Å². The lowest BCUT2D eigenvalue weighted by Gasteiger charge is -2.34. The highest BCUT2D eigenvalue weighted by Crippen LogP contribution is 2.23. The number of amides is 2. The molecular weight excluding hydrogens is 322 g/mol. The topological polar surface area (TPSA) is 44.4 Å². The second kappa shape index (κ2) is 10.6. The Kier molecular flexibility index (Phi) is 8.43. The smallest absolute Gasteiger partial charge is 0.315 e. The van der Waals surface area contributed by atoms with E-state index in [9.17, 15) is 4.79 Å². The average molecular weight is 360 g/mol. The molecule has 4 nitrogen and oxygen atoms in total. The highest BCUT2D eigenvalue weighted by Gasteiger charge is 2.20. The number of piperidine rings is 1. The molecular formula is C22H37N3O. The second-order valence-corrected chi connectivity index (χ2v) is 8.05. The maximum Gasteiger partial charge on any atom is 0.315 e. The van der Waals surface area contributed by atoms with Crippen molar-refractivity contribution in [3.8, 4) is 0 Å². The number of likely N-dealkylation sites (tertiary alicyclic amines) is 1. The Morgan fingerprint density at radius 1 is 1.12 bits per heavy atom. The maximum absolute atomic E-state index is 11.7. The van der Waals surface area contributed by atoms with E-state index in [2.05, 4.69) is 60.6 Å². The molecule has 2 amide bonds. The summed E-state index contributed by atoms with van der Waals surface area (Å²) in [6.07, 6.45) is 5.65. The Hall–Kier alpha value is -1.55. The lowest BCUT2D eigenvalue weighted by Crippen LogP contribution is -2.41. The Morgan fingerprint density at radius 2 is 1.73 bits per heavy atom. The predicted octanol–water partition coefficient (Wildman–Crippen LogP) is 3.99. The van der Waals surface area contributed by atoms with Crippen molar-refractivity contribution in [1.82, 2.24) is 15.5 Å². The van der Waals surface area contributed by atoms with Crippen LogP contribution >= 0.6 is 0 Å². The zero-order valence-electron chi connectivity index (χ0n) is 17.1. The van der Waals surface area contributed by atoms with Gasteiger partial charge in [-0.2, -0.15) is 0 Å². The fraction of sp³-hybridized carbons (Fsp3) is 0.682. The summed E-state index contributed by atoms with van der Waals surface area (Å²) in [5.74, 6) is 0.821. The van der Waals surface area contributed by atoms with Gasteiger partial charge in [-0.25, -0.2) is 4.79 Å². The fourth-order valence-electron chi connectivity index (χ4n) is 3.55. The third-order valence-electron chi connectivity index (χ3n) is 5.62. The molecule has 0 aromatic heterocycles. The Balaban J connectivity index is 1.69. The zero-order chi connectivity index (χ0) is 18.9. The molecule has 0 spiro atoms. The number of hydrogen-bond acceptors (Lipinski definition) is 2. The summed E-state index contributed by atoms with van der Waals surface area (Å²) in [7, 11) is 0. The summed E-state index contributed by atoms with van der Waals surface area (Å²) >= 11 is 0. The van der Waals surface area contributed by atoms with Crippen molar-refractivity contribution in [3.05, 3.63) is 35.4 Å². The lowest BCUT2D eigenvalue weighted by atomic mass is 9.89. The Bertz CT molecular complexity index is 533. The highest BCUT2D eigenvalue weighted by molar-refractivity contribution is 5.74. The maximum atomic E-state index is 11.7. The Morgan fingerprint density at radius 3 is 2.31 bits per heavy atom. The van der Waals surface area contributed by atoms with Crippen LogP contribution in [0.5, 0.6) is 0 Å². The van der Waals surface area contributed by atoms with Gasteiger partial charge in [-0.15, -0.1) is 0 Å². The van der Waals surface area contributed by atoms with Gasteiger partial charge in [-0.3, -0.25) is 0 Å². The first-order chi connectivity index (χ1) is 12.5. The molecule has 1 aromatic carbocycles. The molecule has 1 aliphatic heterocycles. The van der Waals surface area contributed by atoms with Gasteiger partial charge in [-0.1, -0.05) is 31.2 Å². The first-order valence-electron chi connectivity index (χ1n) is 10.3. The van der Waals surface area contributed by atoms with Crippen molar-refractivity contribution in [2.24, 2.45) is 5.92 Å². The molecule has 4 heteroatoms. The van der Waals surface area contributed by atoms with E-state index >= 15 is 0 Å². The largest absolute Gasteiger partial charge is 0.338 e. The predicted molar refractivity (Wildman–Crippen MR) is 110 cm³/mol. The summed E-state index contributed by atoms with van der Waals surface area (Å²) in [5.41, 5.74) is 2.73. The molecule has 1 saturated heterocycles. The lowest BCUT2D eigenvalue weighted by molar-refractivity contribution is 0.149. The number of nitrogens with zero attached hydrogens (tertiary/aromatic N) is 1. The van der Waals surface area contributed by atoms with E-state index in [0.717, 1.165) is 18.8 Å². The van der Waals surface area contributed by atoms with Gasteiger partial charge in [-0.05, 0) is 83.0 Å². The van der Waals surface area contributed by atoms with E-state index in [1.807, 2.05) is 6.92 Å². The summed E-state index contributed by atoms with van der Waals surface area (Å²) in [4.78, 5) is 14.3. The van der Waals surface area contributed by atoms with Gasteiger partial charge in [0.25, 0.3) is 0 Å². The number of nitrogens with one attached hydrogen (secondary N) is 2. The molecule has 146 valence electrons. The second-order valence-electron chi connectivity index (χ2n) is 8.05. The number of carbonyl (C=O) groups excluding carboxylic acids is 1.